The lowest BCUT2D eigenvalue weighted by Crippen LogP contribution is -2.08. The molecule has 0 fully saturated rings. The van der Waals surface area contributed by atoms with Crippen LogP contribution in [-0.2, 0) is 12.7 Å². The van der Waals surface area contributed by atoms with E-state index in [1.807, 2.05) is 0 Å². The fourth-order valence-corrected chi connectivity index (χ4v) is 1.61. The van der Waals surface area contributed by atoms with Gasteiger partial charge >= 0.3 is 6.18 Å². The fourth-order valence-electron chi connectivity index (χ4n) is 1.61. The largest absolute Gasteiger partial charge is 0.439 e. The van der Waals surface area contributed by atoms with Gasteiger partial charge in [-0.25, -0.2) is 9.37 Å². The quantitative estimate of drug-likeness (QED) is 0.873. The van der Waals surface area contributed by atoms with Gasteiger partial charge in [0, 0.05) is 0 Å². The van der Waals surface area contributed by atoms with Crippen molar-refractivity contribution in [1.29, 1.82) is 0 Å². The molecule has 0 radical (unpaired) electrons. The lowest BCUT2D eigenvalue weighted by Gasteiger charge is -2.09. The molecule has 0 amide bonds. The summed E-state index contributed by atoms with van der Waals surface area (Å²) < 4.78 is 56.7. The monoisotopic (exact) mass is 274 g/mol. The number of halogens is 4. The minimum absolute atomic E-state index is 0.0335. The highest BCUT2D eigenvalue weighted by molar-refractivity contribution is 5.59. The first kappa shape index (κ1) is 13.5. The molecule has 3 nitrogen and oxygen atoms in total. The highest BCUT2D eigenvalue weighted by Crippen LogP contribution is 2.35. The molecular formula is C12H10F4N2O. The molecule has 0 bridgehead atoms. The van der Waals surface area contributed by atoms with Gasteiger partial charge in [-0.2, -0.15) is 13.2 Å². The number of rotatable bonds is 3. The first-order valence-corrected chi connectivity index (χ1v) is 5.39. The Labute approximate surface area is 106 Å². The number of hydrogen-bond acceptors (Lipinski definition) is 3. The number of nitrogens with zero attached hydrogens (tertiary/aromatic N) is 1. The number of benzene rings is 1. The van der Waals surface area contributed by atoms with Gasteiger partial charge in [0.05, 0.1) is 23.9 Å². The van der Waals surface area contributed by atoms with Gasteiger partial charge in [0.15, 0.2) is 5.76 Å². The Morgan fingerprint density at radius 1 is 1.32 bits per heavy atom. The van der Waals surface area contributed by atoms with E-state index in [1.54, 1.807) is 7.05 Å². The topological polar surface area (TPSA) is 38.1 Å². The molecule has 0 saturated heterocycles. The highest BCUT2D eigenvalue weighted by atomic mass is 19.4. The molecular weight excluding hydrogens is 264 g/mol. The molecule has 7 heteroatoms. The summed E-state index contributed by atoms with van der Waals surface area (Å²) in [6, 6.07) is 3.03. The molecule has 0 atom stereocenters. The molecule has 0 aliphatic rings. The van der Waals surface area contributed by atoms with E-state index in [0.717, 1.165) is 6.07 Å². The minimum Gasteiger partial charge on any atom is -0.439 e. The third kappa shape index (κ3) is 2.76. The third-order valence-electron chi connectivity index (χ3n) is 2.45. The van der Waals surface area contributed by atoms with Gasteiger partial charge in [-0.15, -0.1) is 0 Å². The molecule has 102 valence electrons. The van der Waals surface area contributed by atoms with Crippen LogP contribution in [0, 0.1) is 5.82 Å². The van der Waals surface area contributed by atoms with Crippen molar-refractivity contribution in [2.75, 3.05) is 7.05 Å². The second-order valence-corrected chi connectivity index (χ2v) is 3.81. The summed E-state index contributed by atoms with van der Waals surface area (Å²) >= 11 is 0. The molecule has 1 N–H and O–H groups in total. The summed E-state index contributed by atoms with van der Waals surface area (Å²) in [5.41, 5.74) is -1.58. The molecule has 0 aliphatic carbocycles. The molecule has 1 aromatic heterocycles. The molecule has 0 saturated carbocycles. The van der Waals surface area contributed by atoms with Crippen LogP contribution in [0.1, 0.15) is 11.5 Å². The highest BCUT2D eigenvalue weighted by Gasteiger charge is 2.35. The van der Waals surface area contributed by atoms with Crippen LogP contribution < -0.4 is 5.32 Å². The van der Waals surface area contributed by atoms with E-state index in [0.29, 0.717) is 12.6 Å². The van der Waals surface area contributed by atoms with E-state index in [9.17, 15) is 17.6 Å². The zero-order chi connectivity index (χ0) is 14.0. The Bertz CT molecular complexity index is 577. The predicted molar refractivity (Wildman–Crippen MR) is 59.7 cm³/mol. The van der Waals surface area contributed by atoms with Crippen molar-refractivity contribution in [3.63, 3.8) is 0 Å². The van der Waals surface area contributed by atoms with Crippen molar-refractivity contribution < 1.29 is 22.0 Å². The first-order valence-electron chi connectivity index (χ1n) is 5.39. The second-order valence-electron chi connectivity index (χ2n) is 3.81. The van der Waals surface area contributed by atoms with Crippen LogP contribution in [0.15, 0.2) is 28.8 Å². The predicted octanol–water partition coefficient (Wildman–Crippen LogP) is 3.22. The van der Waals surface area contributed by atoms with Crippen LogP contribution in [0.2, 0.25) is 0 Å². The Kier molecular flexibility index (Phi) is 3.57. The van der Waals surface area contributed by atoms with Crippen molar-refractivity contribution in [3.8, 4) is 11.3 Å². The number of aromatic nitrogens is 1. The second kappa shape index (κ2) is 5.00. The van der Waals surface area contributed by atoms with E-state index in [-0.39, 0.29) is 17.2 Å². The Balaban J connectivity index is 2.45. The van der Waals surface area contributed by atoms with Crippen molar-refractivity contribution >= 4 is 0 Å². The molecule has 19 heavy (non-hydrogen) atoms. The summed E-state index contributed by atoms with van der Waals surface area (Å²) in [6.45, 7) is 0.306. The van der Waals surface area contributed by atoms with Gasteiger partial charge in [-0.3, -0.25) is 0 Å². The summed E-state index contributed by atoms with van der Waals surface area (Å²) in [6.07, 6.45) is -3.54. The van der Waals surface area contributed by atoms with Gasteiger partial charge in [0.25, 0.3) is 0 Å². The average Bonchev–Trinajstić information content (AvgIpc) is 2.76. The minimum atomic E-state index is -4.74. The maximum atomic E-state index is 13.8. The zero-order valence-electron chi connectivity index (χ0n) is 9.88. The lowest BCUT2D eigenvalue weighted by atomic mass is 10.1. The van der Waals surface area contributed by atoms with Crippen molar-refractivity contribution in [2.45, 2.75) is 12.7 Å². The Morgan fingerprint density at radius 2 is 2.05 bits per heavy atom. The van der Waals surface area contributed by atoms with Crippen LogP contribution in [-0.4, -0.2) is 12.0 Å². The van der Waals surface area contributed by atoms with Crippen LogP contribution in [0.25, 0.3) is 11.3 Å². The van der Waals surface area contributed by atoms with Gasteiger partial charge in [-0.05, 0) is 19.2 Å². The van der Waals surface area contributed by atoms with E-state index in [2.05, 4.69) is 10.3 Å². The van der Waals surface area contributed by atoms with Gasteiger partial charge in [0.1, 0.15) is 5.82 Å². The Hall–Kier alpha value is -1.89. The van der Waals surface area contributed by atoms with E-state index in [1.165, 1.54) is 12.3 Å². The van der Waals surface area contributed by atoms with Gasteiger partial charge in [-0.1, -0.05) is 6.07 Å². The normalized spacial score (nSPS) is 11.8. The molecule has 2 aromatic rings. The molecule has 0 spiro atoms. The summed E-state index contributed by atoms with van der Waals surface area (Å²) in [4.78, 5) is 3.84. The zero-order valence-corrected chi connectivity index (χ0v) is 9.88. The fraction of sp³-hybridized carbons (Fsp3) is 0.250. The molecule has 1 heterocycles. The average molecular weight is 274 g/mol. The number of oxazole rings is 1. The van der Waals surface area contributed by atoms with Gasteiger partial charge < -0.3 is 9.73 Å². The van der Waals surface area contributed by atoms with E-state index in [4.69, 9.17) is 4.42 Å². The van der Waals surface area contributed by atoms with Crippen LogP contribution >= 0.6 is 0 Å². The summed E-state index contributed by atoms with van der Waals surface area (Å²) in [7, 11) is 1.66. The molecule has 0 aliphatic heterocycles. The van der Waals surface area contributed by atoms with Crippen molar-refractivity contribution in [2.24, 2.45) is 0 Å². The van der Waals surface area contributed by atoms with Crippen LogP contribution in [0.4, 0.5) is 17.6 Å². The number of nitrogens with one attached hydrogen (secondary N) is 1. The molecule has 2 rings (SSSR count). The SMILES string of the molecule is CNCc1ncc(-c2cccc(C(F)(F)F)c2F)o1. The van der Waals surface area contributed by atoms with Crippen LogP contribution in [0.3, 0.4) is 0 Å². The molecule has 1 aromatic carbocycles. The standard InChI is InChI=1S/C12H10F4N2O/c1-17-6-10-18-5-9(19-10)7-3-2-4-8(11(7)13)12(14,15)16/h2-5,17H,6H2,1H3. The number of hydrogen-bond donors (Lipinski definition) is 1. The summed E-state index contributed by atoms with van der Waals surface area (Å²) in [5.74, 6) is -1.12. The number of alkyl halides is 3. The maximum Gasteiger partial charge on any atom is 0.419 e. The van der Waals surface area contributed by atoms with Crippen LogP contribution in [0.5, 0.6) is 0 Å². The molecule has 0 unspecified atom stereocenters. The van der Waals surface area contributed by atoms with E-state index >= 15 is 0 Å². The third-order valence-corrected chi connectivity index (χ3v) is 2.45. The smallest absolute Gasteiger partial charge is 0.419 e. The van der Waals surface area contributed by atoms with Gasteiger partial charge in [0.2, 0.25) is 5.89 Å². The summed E-state index contributed by atoms with van der Waals surface area (Å²) in [5, 5.41) is 2.77. The maximum absolute atomic E-state index is 13.8. The lowest BCUT2D eigenvalue weighted by molar-refractivity contribution is -0.139. The first-order chi connectivity index (χ1) is 8.93. The Morgan fingerprint density at radius 3 is 2.68 bits per heavy atom. The van der Waals surface area contributed by atoms with Crippen molar-refractivity contribution in [1.82, 2.24) is 10.3 Å². The van der Waals surface area contributed by atoms with Crippen molar-refractivity contribution in [3.05, 3.63) is 41.7 Å². The van der Waals surface area contributed by atoms with E-state index < -0.39 is 17.6 Å².